The van der Waals surface area contributed by atoms with Crippen molar-refractivity contribution in [2.75, 3.05) is 13.7 Å². The zero-order valence-electron chi connectivity index (χ0n) is 19.0. The van der Waals surface area contributed by atoms with E-state index in [4.69, 9.17) is 4.74 Å². The molecular weight excluding hydrogens is 418 g/mol. The summed E-state index contributed by atoms with van der Waals surface area (Å²) in [5.74, 6) is -0.747. The maximum Gasteiger partial charge on any atom is 0.295 e. The fraction of sp³-hybridized carbons (Fsp3) is 0.269. The van der Waals surface area contributed by atoms with Crippen LogP contribution in [0.25, 0.3) is 5.76 Å². The lowest BCUT2D eigenvalue weighted by Crippen LogP contribution is -2.31. The van der Waals surface area contributed by atoms with Gasteiger partial charge in [-0.25, -0.2) is 4.98 Å². The molecule has 0 saturated carbocycles. The summed E-state index contributed by atoms with van der Waals surface area (Å²) >= 11 is 0. The number of Topliss-reactive ketones (excluding diaryl/α,β-unsaturated/α-hetero) is 1. The fourth-order valence-corrected chi connectivity index (χ4v) is 4.22. The van der Waals surface area contributed by atoms with Crippen molar-refractivity contribution >= 4 is 17.4 Å². The van der Waals surface area contributed by atoms with Crippen LogP contribution < -0.4 is 4.74 Å². The number of imidazole rings is 1. The molecule has 33 heavy (non-hydrogen) atoms. The molecule has 1 saturated heterocycles. The van der Waals surface area contributed by atoms with Crippen molar-refractivity contribution in [2.45, 2.75) is 32.9 Å². The van der Waals surface area contributed by atoms with Gasteiger partial charge in [0.1, 0.15) is 11.5 Å². The Morgan fingerprint density at radius 3 is 2.52 bits per heavy atom. The first-order valence-corrected chi connectivity index (χ1v) is 10.9. The molecule has 170 valence electrons. The lowest BCUT2D eigenvalue weighted by molar-refractivity contribution is -0.139. The Morgan fingerprint density at radius 2 is 1.85 bits per heavy atom. The van der Waals surface area contributed by atoms with Gasteiger partial charge in [0, 0.05) is 31.0 Å². The molecule has 1 fully saturated rings. The van der Waals surface area contributed by atoms with Gasteiger partial charge >= 0.3 is 0 Å². The molecule has 0 radical (unpaired) electrons. The molecule has 1 amide bonds. The number of ketones is 1. The Kier molecular flexibility index (Phi) is 6.31. The third-order valence-corrected chi connectivity index (χ3v) is 5.99. The molecule has 2 aromatic carbocycles. The summed E-state index contributed by atoms with van der Waals surface area (Å²) in [5.41, 5.74) is 3.20. The first kappa shape index (κ1) is 22.3. The van der Waals surface area contributed by atoms with E-state index in [0.717, 1.165) is 16.7 Å². The van der Waals surface area contributed by atoms with Gasteiger partial charge in [-0.3, -0.25) is 9.59 Å². The molecule has 7 nitrogen and oxygen atoms in total. The SMILES string of the molecule is COc1ccc(C2/C(=C(\O)c3cc(C)ccc3C)C(=O)C(=O)N2CCCn2ccnc2)cc1. The average Bonchev–Trinajstić information content (AvgIpc) is 3.42. The zero-order chi connectivity index (χ0) is 23.5. The Morgan fingerprint density at radius 1 is 1.09 bits per heavy atom. The highest BCUT2D eigenvalue weighted by Gasteiger charge is 2.45. The molecule has 1 atom stereocenters. The van der Waals surface area contributed by atoms with E-state index in [0.29, 0.717) is 30.8 Å². The van der Waals surface area contributed by atoms with Crippen molar-refractivity contribution in [3.05, 3.63) is 89.0 Å². The molecule has 0 spiro atoms. The van der Waals surface area contributed by atoms with Gasteiger partial charge in [0.15, 0.2) is 0 Å². The van der Waals surface area contributed by atoms with Gasteiger partial charge in [0.25, 0.3) is 11.7 Å². The van der Waals surface area contributed by atoms with Crippen LogP contribution in [0.15, 0.2) is 66.8 Å². The van der Waals surface area contributed by atoms with Crippen LogP contribution in [-0.2, 0) is 16.1 Å². The summed E-state index contributed by atoms with van der Waals surface area (Å²) < 4.78 is 7.19. The number of rotatable bonds is 7. The number of carbonyl (C=O) groups excluding carboxylic acids is 2. The molecular formula is C26H27N3O4. The number of carbonyl (C=O) groups is 2. The number of amides is 1. The number of aliphatic hydroxyl groups excluding tert-OH is 1. The van der Waals surface area contributed by atoms with Gasteiger partial charge in [-0.1, -0.05) is 29.8 Å². The summed E-state index contributed by atoms with van der Waals surface area (Å²) in [4.78, 5) is 31.9. The van der Waals surface area contributed by atoms with E-state index in [1.807, 2.05) is 54.9 Å². The van der Waals surface area contributed by atoms with Crippen molar-refractivity contribution in [1.29, 1.82) is 0 Å². The Balaban J connectivity index is 1.76. The van der Waals surface area contributed by atoms with Crippen molar-refractivity contribution in [3.63, 3.8) is 0 Å². The minimum Gasteiger partial charge on any atom is -0.507 e. The quantitative estimate of drug-likeness (QED) is 0.337. The van der Waals surface area contributed by atoms with Crippen LogP contribution >= 0.6 is 0 Å². The molecule has 0 bridgehead atoms. The molecule has 1 unspecified atom stereocenters. The minimum atomic E-state index is -0.682. The Bertz CT molecular complexity index is 1200. The predicted octanol–water partition coefficient (Wildman–Crippen LogP) is 4.02. The standard InChI is InChI=1S/C26H27N3O4/c1-17-5-6-18(2)21(15-17)24(30)22-23(19-7-9-20(33-3)10-8-19)29(26(32)25(22)31)13-4-12-28-14-11-27-16-28/h5-11,14-16,23,30H,4,12-13H2,1-3H3/b24-22+. The first-order valence-electron chi connectivity index (χ1n) is 10.9. The predicted molar refractivity (Wildman–Crippen MR) is 125 cm³/mol. The summed E-state index contributed by atoms with van der Waals surface area (Å²) in [6.07, 6.45) is 5.92. The van der Waals surface area contributed by atoms with Crippen molar-refractivity contribution < 1.29 is 19.4 Å². The molecule has 1 aromatic heterocycles. The van der Waals surface area contributed by atoms with Gasteiger partial charge in [0.2, 0.25) is 0 Å². The van der Waals surface area contributed by atoms with Gasteiger partial charge in [-0.15, -0.1) is 0 Å². The molecule has 2 heterocycles. The van der Waals surface area contributed by atoms with E-state index in [2.05, 4.69) is 4.98 Å². The van der Waals surface area contributed by atoms with E-state index < -0.39 is 17.7 Å². The van der Waals surface area contributed by atoms with Gasteiger partial charge in [0.05, 0.1) is 25.1 Å². The fourth-order valence-electron chi connectivity index (χ4n) is 4.22. The molecule has 1 aliphatic rings. The maximum absolute atomic E-state index is 13.2. The molecule has 4 rings (SSSR count). The maximum atomic E-state index is 13.2. The first-order chi connectivity index (χ1) is 15.9. The van der Waals surface area contributed by atoms with Crippen LogP contribution in [0.4, 0.5) is 0 Å². The van der Waals surface area contributed by atoms with Crippen LogP contribution in [0.2, 0.25) is 0 Å². The minimum absolute atomic E-state index is 0.112. The van der Waals surface area contributed by atoms with Crippen LogP contribution in [-0.4, -0.2) is 44.9 Å². The normalized spacial score (nSPS) is 17.5. The second-order valence-electron chi connectivity index (χ2n) is 8.24. The number of benzene rings is 2. The van der Waals surface area contributed by atoms with Crippen molar-refractivity contribution in [2.24, 2.45) is 0 Å². The van der Waals surface area contributed by atoms with Crippen LogP contribution in [0.3, 0.4) is 0 Å². The zero-order valence-corrected chi connectivity index (χ0v) is 19.0. The second-order valence-corrected chi connectivity index (χ2v) is 8.24. The summed E-state index contributed by atoms with van der Waals surface area (Å²) in [6.45, 7) is 4.82. The number of aliphatic hydroxyl groups is 1. The van der Waals surface area contributed by atoms with E-state index in [1.165, 1.54) is 0 Å². The molecule has 1 N–H and O–H groups in total. The van der Waals surface area contributed by atoms with Crippen LogP contribution in [0, 0.1) is 13.8 Å². The Hall–Kier alpha value is -3.87. The van der Waals surface area contributed by atoms with E-state index in [9.17, 15) is 14.7 Å². The number of hydrogen-bond donors (Lipinski definition) is 1. The number of ether oxygens (including phenoxy) is 1. The number of hydrogen-bond acceptors (Lipinski definition) is 5. The Labute approximate surface area is 192 Å². The van der Waals surface area contributed by atoms with Crippen LogP contribution in [0.5, 0.6) is 5.75 Å². The third-order valence-electron chi connectivity index (χ3n) is 5.99. The summed E-state index contributed by atoms with van der Waals surface area (Å²) in [6, 6.07) is 12.2. The lowest BCUT2D eigenvalue weighted by Gasteiger charge is -2.25. The van der Waals surface area contributed by atoms with E-state index in [1.54, 1.807) is 36.7 Å². The second kappa shape index (κ2) is 9.32. The van der Waals surface area contributed by atoms with Crippen molar-refractivity contribution in [3.8, 4) is 5.75 Å². The van der Waals surface area contributed by atoms with E-state index in [-0.39, 0.29) is 11.3 Å². The number of methoxy groups -OCH3 is 1. The third kappa shape index (κ3) is 4.39. The number of likely N-dealkylation sites (tertiary alicyclic amines) is 1. The van der Waals surface area contributed by atoms with Crippen LogP contribution in [0.1, 0.15) is 34.7 Å². The van der Waals surface area contributed by atoms with Gasteiger partial charge < -0.3 is 19.3 Å². The highest BCUT2D eigenvalue weighted by Crippen LogP contribution is 2.40. The van der Waals surface area contributed by atoms with Gasteiger partial charge in [-0.05, 0) is 49.6 Å². The highest BCUT2D eigenvalue weighted by molar-refractivity contribution is 6.46. The topological polar surface area (TPSA) is 84.7 Å². The number of aryl methyl sites for hydroxylation is 3. The van der Waals surface area contributed by atoms with E-state index >= 15 is 0 Å². The average molecular weight is 446 g/mol. The lowest BCUT2D eigenvalue weighted by atomic mass is 9.93. The molecule has 7 heteroatoms. The number of aromatic nitrogens is 2. The summed E-state index contributed by atoms with van der Waals surface area (Å²) in [7, 11) is 1.58. The monoisotopic (exact) mass is 445 g/mol. The highest BCUT2D eigenvalue weighted by atomic mass is 16.5. The number of nitrogens with zero attached hydrogens (tertiary/aromatic N) is 3. The van der Waals surface area contributed by atoms with Gasteiger partial charge in [-0.2, -0.15) is 0 Å². The largest absolute Gasteiger partial charge is 0.507 e. The molecule has 0 aliphatic carbocycles. The van der Waals surface area contributed by atoms with Crippen molar-refractivity contribution in [1.82, 2.24) is 14.5 Å². The molecule has 1 aliphatic heterocycles. The molecule has 3 aromatic rings. The smallest absolute Gasteiger partial charge is 0.295 e. The summed E-state index contributed by atoms with van der Waals surface area (Å²) in [5, 5.41) is 11.3.